The van der Waals surface area contributed by atoms with Gasteiger partial charge in [-0.1, -0.05) is 6.42 Å². The molecule has 1 aromatic heterocycles. The molecule has 0 bridgehead atoms. The quantitative estimate of drug-likeness (QED) is 0.897. The second-order valence-corrected chi connectivity index (χ2v) is 6.04. The van der Waals surface area contributed by atoms with Crippen molar-refractivity contribution < 1.29 is 13.6 Å². The molecule has 3 N–H and O–H groups in total. The molecule has 4 nitrogen and oxygen atoms in total. The van der Waals surface area contributed by atoms with Gasteiger partial charge < -0.3 is 15.5 Å². The molecule has 0 spiro atoms. The highest BCUT2D eigenvalue weighted by Gasteiger charge is 2.31. The number of nitrogens with two attached hydrogens (primary N) is 1. The van der Waals surface area contributed by atoms with Crippen LogP contribution in [0.5, 0.6) is 0 Å². The van der Waals surface area contributed by atoms with Crippen molar-refractivity contribution in [1.82, 2.24) is 5.32 Å². The molecule has 3 rings (SSSR count). The third-order valence-electron chi connectivity index (χ3n) is 4.72. The first-order chi connectivity index (χ1) is 10.6. The van der Waals surface area contributed by atoms with Gasteiger partial charge in [0.15, 0.2) is 0 Å². The van der Waals surface area contributed by atoms with Crippen LogP contribution in [0.2, 0.25) is 0 Å². The minimum Gasteiger partial charge on any atom is -0.459 e. The maximum Gasteiger partial charge on any atom is 0.223 e. The van der Waals surface area contributed by atoms with Gasteiger partial charge in [-0.2, -0.15) is 0 Å². The van der Waals surface area contributed by atoms with E-state index in [1.807, 2.05) is 6.92 Å². The van der Waals surface area contributed by atoms with Gasteiger partial charge in [-0.3, -0.25) is 4.79 Å². The third kappa shape index (κ3) is 3.51. The van der Waals surface area contributed by atoms with Gasteiger partial charge in [-0.05, 0) is 50.4 Å². The van der Waals surface area contributed by atoms with Gasteiger partial charge >= 0.3 is 0 Å². The summed E-state index contributed by atoms with van der Waals surface area (Å²) in [5.74, 6) is 0.719. The van der Waals surface area contributed by atoms with Crippen LogP contribution in [-0.2, 0) is 11.3 Å². The fourth-order valence-electron chi connectivity index (χ4n) is 3.38. The third-order valence-corrected chi connectivity index (χ3v) is 4.72. The maximum absolute atomic E-state index is 13.3. The van der Waals surface area contributed by atoms with Crippen molar-refractivity contribution in [3.63, 3.8) is 0 Å². The highest BCUT2D eigenvalue weighted by molar-refractivity contribution is 5.85. The highest BCUT2D eigenvalue weighted by Crippen LogP contribution is 2.31. The van der Waals surface area contributed by atoms with Gasteiger partial charge in [0.1, 0.15) is 17.2 Å². The lowest BCUT2D eigenvalue weighted by molar-refractivity contribution is -0.126. The van der Waals surface area contributed by atoms with E-state index in [1.165, 1.54) is 12.1 Å². The zero-order valence-corrected chi connectivity index (χ0v) is 13.9. The number of aryl methyl sites for hydroxylation is 1. The van der Waals surface area contributed by atoms with Crippen LogP contribution in [0.3, 0.4) is 0 Å². The Morgan fingerprint density at radius 3 is 2.96 bits per heavy atom. The molecule has 0 saturated heterocycles. The Balaban J connectivity index is 0.00000192. The molecule has 1 fully saturated rings. The number of furan rings is 1. The molecule has 0 unspecified atom stereocenters. The molecule has 1 amide bonds. The van der Waals surface area contributed by atoms with E-state index in [0.717, 1.165) is 30.2 Å². The fourth-order valence-corrected chi connectivity index (χ4v) is 3.38. The van der Waals surface area contributed by atoms with Crippen molar-refractivity contribution >= 4 is 29.3 Å². The number of hydrogen-bond acceptors (Lipinski definition) is 3. The molecule has 2 aromatic rings. The summed E-state index contributed by atoms with van der Waals surface area (Å²) in [6.07, 6.45) is 2.98. The minimum absolute atomic E-state index is 0. The summed E-state index contributed by atoms with van der Waals surface area (Å²) in [7, 11) is 0. The first kappa shape index (κ1) is 17.8. The second kappa shape index (κ2) is 7.32. The van der Waals surface area contributed by atoms with Crippen molar-refractivity contribution in [1.29, 1.82) is 0 Å². The summed E-state index contributed by atoms with van der Waals surface area (Å²) >= 11 is 0. The summed E-state index contributed by atoms with van der Waals surface area (Å²) in [6.45, 7) is 2.76. The SMILES string of the molecule is Cc1c(CNC(=O)[C@@H]2CCC[C@@H]2CN)oc2ccc(F)cc12.Cl. The maximum atomic E-state index is 13.3. The number of carbonyl (C=O) groups excluding carboxylic acids is 1. The zero-order valence-electron chi connectivity index (χ0n) is 13.1. The monoisotopic (exact) mass is 340 g/mol. The Morgan fingerprint density at radius 1 is 1.43 bits per heavy atom. The second-order valence-electron chi connectivity index (χ2n) is 6.04. The predicted molar refractivity (Wildman–Crippen MR) is 89.9 cm³/mol. The first-order valence-corrected chi connectivity index (χ1v) is 7.75. The van der Waals surface area contributed by atoms with E-state index in [0.29, 0.717) is 24.4 Å². The molecular formula is C17H22ClFN2O2. The summed E-state index contributed by atoms with van der Waals surface area (Å²) in [6, 6.07) is 4.45. The normalized spacial score (nSPS) is 20.5. The van der Waals surface area contributed by atoms with E-state index >= 15 is 0 Å². The summed E-state index contributed by atoms with van der Waals surface area (Å²) in [5, 5.41) is 3.69. The summed E-state index contributed by atoms with van der Waals surface area (Å²) < 4.78 is 19.0. The molecule has 1 heterocycles. The van der Waals surface area contributed by atoms with E-state index < -0.39 is 0 Å². The van der Waals surface area contributed by atoms with Crippen LogP contribution < -0.4 is 11.1 Å². The van der Waals surface area contributed by atoms with Crippen LogP contribution in [-0.4, -0.2) is 12.5 Å². The van der Waals surface area contributed by atoms with Gasteiger partial charge in [-0.25, -0.2) is 4.39 Å². The Kier molecular flexibility index (Phi) is 5.65. The lowest BCUT2D eigenvalue weighted by atomic mass is 9.95. The number of halogens is 2. The predicted octanol–water partition coefficient (Wildman–Crippen LogP) is 3.29. The molecule has 1 aromatic carbocycles. The van der Waals surface area contributed by atoms with Crippen molar-refractivity contribution in [3.05, 3.63) is 35.3 Å². The average molecular weight is 341 g/mol. The number of fused-ring (bicyclic) bond motifs is 1. The number of benzene rings is 1. The van der Waals surface area contributed by atoms with E-state index in [4.69, 9.17) is 10.2 Å². The van der Waals surface area contributed by atoms with Crippen LogP contribution in [0.1, 0.15) is 30.6 Å². The molecule has 1 saturated carbocycles. The number of nitrogens with one attached hydrogen (secondary N) is 1. The molecule has 0 aliphatic heterocycles. The van der Waals surface area contributed by atoms with Crippen molar-refractivity contribution in [2.45, 2.75) is 32.7 Å². The topological polar surface area (TPSA) is 68.3 Å². The first-order valence-electron chi connectivity index (χ1n) is 7.75. The van der Waals surface area contributed by atoms with Crippen LogP contribution in [0.4, 0.5) is 4.39 Å². The fraction of sp³-hybridized carbons (Fsp3) is 0.471. The van der Waals surface area contributed by atoms with Gasteiger partial charge in [0.05, 0.1) is 6.54 Å². The van der Waals surface area contributed by atoms with Crippen molar-refractivity contribution in [2.75, 3.05) is 6.54 Å². The van der Waals surface area contributed by atoms with E-state index in [1.54, 1.807) is 6.07 Å². The molecule has 0 radical (unpaired) electrons. The average Bonchev–Trinajstić information content (AvgIpc) is 3.10. The van der Waals surface area contributed by atoms with E-state index in [-0.39, 0.29) is 36.0 Å². The molecular weight excluding hydrogens is 319 g/mol. The van der Waals surface area contributed by atoms with Gasteiger partial charge in [0.2, 0.25) is 5.91 Å². The minimum atomic E-state index is -0.288. The number of hydrogen-bond donors (Lipinski definition) is 2. The van der Waals surface area contributed by atoms with Crippen molar-refractivity contribution in [2.24, 2.45) is 17.6 Å². The Bertz CT molecular complexity index is 701. The number of amides is 1. The summed E-state index contributed by atoms with van der Waals surface area (Å²) in [5.41, 5.74) is 7.24. The van der Waals surface area contributed by atoms with Crippen molar-refractivity contribution in [3.8, 4) is 0 Å². The molecule has 1 aliphatic carbocycles. The number of carbonyl (C=O) groups is 1. The lowest BCUT2D eigenvalue weighted by Gasteiger charge is -2.17. The zero-order chi connectivity index (χ0) is 15.7. The van der Waals surface area contributed by atoms with E-state index in [2.05, 4.69) is 5.32 Å². The van der Waals surface area contributed by atoms with Crippen LogP contribution >= 0.6 is 12.4 Å². The number of rotatable bonds is 4. The van der Waals surface area contributed by atoms with Gasteiger partial charge in [0.25, 0.3) is 0 Å². The molecule has 126 valence electrons. The van der Waals surface area contributed by atoms with E-state index in [9.17, 15) is 9.18 Å². The largest absolute Gasteiger partial charge is 0.459 e. The smallest absolute Gasteiger partial charge is 0.223 e. The summed E-state index contributed by atoms with van der Waals surface area (Å²) in [4.78, 5) is 12.3. The highest BCUT2D eigenvalue weighted by atomic mass is 35.5. The van der Waals surface area contributed by atoms with Crippen LogP contribution in [0.15, 0.2) is 22.6 Å². The lowest BCUT2D eigenvalue weighted by Crippen LogP contribution is -2.34. The molecule has 6 heteroatoms. The van der Waals surface area contributed by atoms with Gasteiger partial charge in [-0.15, -0.1) is 12.4 Å². The molecule has 2 atom stereocenters. The Morgan fingerprint density at radius 2 is 2.22 bits per heavy atom. The Hall–Kier alpha value is -1.59. The van der Waals surface area contributed by atoms with Crippen LogP contribution in [0.25, 0.3) is 11.0 Å². The molecule has 1 aliphatic rings. The van der Waals surface area contributed by atoms with Gasteiger partial charge in [0, 0.05) is 16.9 Å². The Labute approximate surface area is 141 Å². The molecule has 23 heavy (non-hydrogen) atoms. The van der Waals surface area contributed by atoms with Crippen LogP contribution in [0, 0.1) is 24.6 Å². The standard InChI is InChI=1S/C17H21FN2O2.ClH/c1-10-14-7-12(18)5-6-15(14)22-16(10)9-20-17(21)13-4-2-3-11(13)8-19;/h5-7,11,13H,2-4,8-9,19H2,1H3,(H,20,21);1H/t11-,13-;/m1./s1.